The zero-order valence-corrected chi connectivity index (χ0v) is 11.2. The Morgan fingerprint density at radius 3 is 2.11 bits per heavy atom. The molecule has 0 aliphatic heterocycles. The molecule has 0 spiro atoms. The summed E-state index contributed by atoms with van der Waals surface area (Å²) in [6, 6.07) is 4.85. The molecule has 100 valence electrons. The van der Waals surface area contributed by atoms with Gasteiger partial charge in [-0.1, -0.05) is 15.9 Å². The number of nitrogens with one attached hydrogen (secondary N) is 1. The summed E-state index contributed by atoms with van der Waals surface area (Å²) in [7, 11) is 0. The lowest BCUT2D eigenvalue weighted by Gasteiger charge is -2.10. The molecule has 1 heterocycles. The summed E-state index contributed by atoms with van der Waals surface area (Å²) in [5, 5.41) is 2.30. The van der Waals surface area contributed by atoms with Gasteiger partial charge in [-0.15, -0.1) is 0 Å². The summed E-state index contributed by atoms with van der Waals surface area (Å²) >= 11 is 3.20. The summed E-state index contributed by atoms with van der Waals surface area (Å²) in [6.45, 7) is 1.76. The predicted molar refractivity (Wildman–Crippen MR) is 66.2 cm³/mol. The summed E-state index contributed by atoms with van der Waals surface area (Å²) in [4.78, 5) is 2.48. The van der Waals surface area contributed by atoms with Crippen molar-refractivity contribution in [3.8, 4) is 0 Å². The minimum absolute atomic E-state index is 0.287. The van der Waals surface area contributed by atoms with Crippen LogP contribution in [0.1, 0.15) is 5.56 Å². The lowest BCUT2D eigenvalue weighted by molar-refractivity contribution is 0.411. The number of hydrogen-bond acceptors (Lipinski definition) is 2. The monoisotopic (exact) mass is 334 g/mol. The number of aryl methyl sites for hydroxylation is 1. The molecule has 0 bridgehead atoms. The second-order valence-electron chi connectivity index (χ2n) is 3.84. The van der Waals surface area contributed by atoms with Gasteiger partial charge in [0.1, 0.15) is 5.69 Å². The molecule has 0 amide bonds. The summed E-state index contributed by atoms with van der Waals surface area (Å²) < 4.78 is 53.4. The minimum atomic E-state index is -1.70. The Bertz CT molecular complexity index is 600. The van der Waals surface area contributed by atoms with Gasteiger partial charge in [-0.3, -0.25) is 0 Å². The third kappa shape index (κ3) is 2.86. The molecule has 0 atom stereocenters. The molecule has 1 N–H and O–H groups in total. The first-order valence-corrected chi connectivity index (χ1v) is 5.92. The van der Waals surface area contributed by atoms with E-state index in [1.165, 1.54) is 6.07 Å². The second-order valence-corrected chi connectivity index (χ2v) is 4.75. The van der Waals surface area contributed by atoms with E-state index in [-0.39, 0.29) is 5.69 Å². The second kappa shape index (κ2) is 5.16. The van der Waals surface area contributed by atoms with Gasteiger partial charge in [0.05, 0.1) is 0 Å². The number of rotatable bonds is 2. The molecule has 7 heteroatoms. The molecular weight excluding hydrogens is 328 g/mol. The first-order valence-electron chi connectivity index (χ1n) is 5.12. The lowest BCUT2D eigenvalue weighted by atomic mass is 10.2. The molecule has 1 aromatic carbocycles. The van der Waals surface area contributed by atoms with Crippen molar-refractivity contribution in [2.75, 3.05) is 5.32 Å². The highest BCUT2D eigenvalue weighted by Gasteiger charge is 2.20. The van der Waals surface area contributed by atoms with Crippen LogP contribution in [0.5, 0.6) is 0 Å². The largest absolute Gasteiger partial charge is 0.350 e. The standard InChI is InChI=1S/C12H7BrF4N2/c1-5-2-6(13)4-7(3-5)18-10-8(14)11(16)19-12(17)9(10)15/h2-4H,1H3,(H,18,19). The molecule has 0 aliphatic carbocycles. The highest BCUT2D eigenvalue weighted by molar-refractivity contribution is 9.10. The van der Waals surface area contributed by atoms with Crippen LogP contribution in [-0.2, 0) is 0 Å². The maximum Gasteiger partial charge on any atom is 0.253 e. The fraction of sp³-hybridized carbons (Fsp3) is 0.0833. The van der Waals surface area contributed by atoms with Crippen LogP contribution in [0.2, 0.25) is 0 Å². The number of halogens is 5. The van der Waals surface area contributed by atoms with E-state index >= 15 is 0 Å². The van der Waals surface area contributed by atoms with Gasteiger partial charge in [0.15, 0.2) is 0 Å². The van der Waals surface area contributed by atoms with Gasteiger partial charge >= 0.3 is 0 Å². The average Bonchev–Trinajstić information content (AvgIpc) is 2.31. The van der Waals surface area contributed by atoms with E-state index in [4.69, 9.17) is 0 Å². The Morgan fingerprint density at radius 1 is 1.00 bits per heavy atom. The Morgan fingerprint density at radius 2 is 1.58 bits per heavy atom. The summed E-state index contributed by atoms with van der Waals surface area (Å²) in [6.07, 6.45) is 0. The Hall–Kier alpha value is -1.63. The van der Waals surface area contributed by atoms with Crippen LogP contribution in [0.3, 0.4) is 0 Å². The van der Waals surface area contributed by atoms with Crippen molar-refractivity contribution >= 4 is 27.3 Å². The van der Waals surface area contributed by atoms with Crippen molar-refractivity contribution < 1.29 is 17.6 Å². The van der Waals surface area contributed by atoms with E-state index in [1.54, 1.807) is 19.1 Å². The molecular formula is C12H7BrF4N2. The zero-order valence-electron chi connectivity index (χ0n) is 9.57. The number of benzene rings is 1. The van der Waals surface area contributed by atoms with E-state index in [1.807, 2.05) is 0 Å². The minimum Gasteiger partial charge on any atom is -0.350 e. The van der Waals surface area contributed by atoms with Crippen LogP contribution in [0.25, 0.3) is 0 Å². The molecule has 0 fully saturated rings. The van der Waals surface area contributed by atoms with Gasteiger partial charge in [0.2, 0.25) is 11.6 Å². The lowest BCUT2D eigenvalue weighted by Crippen LogP contribution is -2.06. The zero-order chi connectivity index (χ0) is 14.2. The molecule has 0 unspecified atom stereocenters. The van der Waals surface area contributed by atoms with Crippen molar-refractivity contribution in [3.05, 3.63) is 51.8 Å². The topological polar surface area (TPSA) is 24.9 Å². The van der Waals surface area contributed by atoms with E-state index in [2.05, 4.69) is 26.2 Å². The van der Waals surface area contributed by atoms with Gasteiger partial charge < -0.3 is 5.32 Å². The molecule has 0 aliphatic rings. The van der Waals surface area contributed by atoms with Crippen LogP contribution >= 0.6 is 15.9 Å². The fourth-order valence-corrected chi connectivity index (χ4v) is 2.16. The van der Waals surface area contributed by atoms with Crippen molar-refractivity contribution in [2.45, 2.75) is 6.92 Å². The first-order chi connectivity index (χ1) is 8.88. The van der Waals surface area contributed by atoms with Gasteiger partial charge in [0, 0.05) is 10.2 Å². The normalized spacial score (nSPS) is 10.6. The van der Waals surface area contributed by atoms with E-state index in [0.29, 0.717) is 4.47 Å². The third-order valence-corrected chi connectivity index (χ3v) is 2.77. The fourth-order valence-electron chi connectivity index (χ4n) is 1.55. The van der Waals surface area contributed by atoms with Gasteiger partial charge in [-0.05, 0) is 30.7 Å². The first kappa shape index (κ1) is 13.8. The highest BCUT2D eigenvalue weighted by atomic mass is 79.9. The summed E-state index contributed by atoms with van der Waals surface area (Å²) in [5.41, 5.74) is 0.171. The molecule has 2 aromatic rings. The predicted octanol–water partition coefficient (Wildman–Crippen LogP) is 4.45. The van der Waals surface area contributed by atoms with Crippen LogP contribution in [-0.4, -0.2) is 4.98 Å². The van der Waals surface area contributed by atoms with Crippen LogP contribution in [0.4, 0.5) is 28.9 Å². The van der Waals surface area contributed by atoms with Gasteiger partial charge in [-0.2, -0.15) is 22.5 Å². The highest BCUT2D eigenvalue weighted by Crippen LogP contribution is 2.28. The molecule has 0 saturated heterocycles. The maximum atomic E-state index is 13.4. The number of hydrogen-bond donors (Lipinski definition) is 1. The molecule has 0 saturated carbocycles. The number of pyridine rings is 1. The van der Waals surface area contributed by atoms with E-state index < -0.39 is 29.2 Å². The van der Waals surface area contributed by atoms with E-state index in [9.17, 15) is 17.6 Å². The van der Waals surface area contributed by atoms with Crippen molar-refractivity contribution in [1.82, 2.24) is 4.98 Å². The molecule has 19 heavy (non-hydrogen) atoms. The van der Waals surface area contributed by atoms with Crippen molar-refractivity contribution in [1.29, 1.82) is 0 Å². The van der Waals surface area contributed by atoms with Gasteiger partial charge in [-0.25, -0.2) is 0 Å². The Balaban J connectivity index is 2.49. The quantitative estimate of drug-likeness (QED) is 0.648. The number of nitrogens with zero attached hydrogens (tertiary/aromatic N) is 1. The number of aromatic nitrogens is 1. The molecule has 2 rings (SSSR count). The molecule has 1 aromatic heterocycles. The molecule has 0 radical (unpaired) electrons. The Kier molecular flexibility index (Phi) is 3.75. The smallest absolute Gasteiger partial charge is 0.253 e. The molecule has 2 nitrogen and oxygen atoms in total. The SMILES string of the molecule is Cc1cc(Br)cc(Nc2c(F)c(F)nc(F)c2F)c1. The van der Waals surface area contributed by atoms with Crippen molar-refractivity contribution in [3.63, 3.8) is 0 Å². The van der Waals surface area contributed by atoms with Crippen LogP contribution < -0.4 is 5.32 Å². The Labute approximate surface area is 114 Å². The van der Waals surface area contributed by atoms with Crippen LogP contribution in [0, 0.1) is 30.5 Å². The third-order valence-electron chi connectivity index (χ3n) is 2.31. The van der Waals surface area contributed by atoms with Crippen molar-refractivity contribution in [2.24, 2.45) is 0 Å². The van der Waals surface area contributed by atoms with E-state index in [0.717, 1.165) is 5.56 Å². The maximum absolute atomic E-state index is 13.4. The van der Waals surface area contributed by atoms with Crippen LogP contribution in [0.15, 0.2) is 22.7 Å². The average molecular weight is 335 g/mol. The van der Waals surface area contributed by atoms with Gasteiger partial charge in [0.25, 0.3) is 11.9 Å². The number of anilines is 2. The summed E-state index contributed by atoms with van der Waals surface area (Å²) in [5.74, 6) is -6.55.